The maximum absolute atomic E-state index is 12.8. The van der Waals surface area contributed by atoms with E-state index in [1.807, 2.05) is 18.2 Å². The number of hydrogen-bond donors (Lipinski definition) is 3. The molecule has 2 rings (SSSR count). The van der Waals surface area contributed by atoms with Gasteiger partial charge in [-0.1, -0.05) is 32.0 Å². The Morgan fingerprint density at radius 1 is 1.00 bits per heavy atom. The normalized spacial score (nSPS) is 11.8. The van der Waals surface area contributed by atoms with E-state index in [0.29, 0.717) is 24.3 Å². The number of benzene rings is 2. The predicted octanol–water partition coefficient (Wildman–Crippen LogP) is 3.21. The van der Waals surface area contributed by atoms with Gasteiger partial charge >= 0.3 is 0 Å². The van der Waals surface area contributed by atoms with Gasteiger partial charge in [0.15, 0.2) is 0 Å². The number of carbonyl (C=O) groups is 1. The van der Waals surface area contributed by atoms with Crippen molar-refractivity contribution in [2.75, 3.05) is 0 Å². The molecule has 0 atom stereocenters. The average molecular weight is 392 g/mol. The molecule has 0 saturated heterocycles. The third kappa shape index (κ3) is 5.53. The maximum atomic E-state index is 12.8. The van der Waals surface area contributed by atoms with Crippen LogP contribution in [0.3, 0.4) is 0 Å². The standard InChI is InChI=1S/C19H24N2O5S/c1-3-19(4-2,14-18(22)20-23)21-27(24,25)17-12-10-16(11-13-17)26-15-8-6-5-7-9-15/h5-13,21,23H,3-4,14H2,1-2H3,(H,20,22). The van der Waals surface area contributed by atoms with E-state index in [1.54, 1.807) is 43.6 Å². The number of nitrogens with one attached hydrogen (secondary N) is 2. The lowest BCUT2D eigenvalue weighted by Gasteiger charge is -2.31. The van der Waals surface area contributed by atoms with Gasteiger partial charge in [-0.2, -0.15) is 0 Å². The van der Waals surface area contributed by atoms with Crippen LogP contribution >= 0.6 is 0 Å². The molecule has 0 heterocycles. The number of hydrogen-bond acceptors (Lipinski definition) is 5. The van der Waals surface area contributed by atoms with Crippen molar-refractivity contribution in [1.29, 1.82) is 0 Å². The van der Waals surface area contributed by atoms with Crippen LogP contribution < -0.4 is 14.9 Å². The quantitative estimate of drug-likeness (QED) is 0.449. The Bertz CT molecular complexity index is 847. The number of sulfonamides is 1. The van der Waals surface area contributed by atoms with Gasteiger partial charge in [-0.05, 0) is 49.2 Å². The van der Waals surface area contributed by atoms with Crippen molar-refractivity contribution in [3.8, 4) is 11.5 Å². The summed E-state index contributed by atoms with van der Waals surface area (Å²) >= 11 is 0. The second-order valence-electron chi connectivity index (χ2n) is 6.19. The van der Waals surface area contributed by atoms with Gasteiger partial charge in [0.25, 0.3) is 0 Å². The highest BCUT2D eigenvalue weighted by Crippen LogP contribution is 2.26. The van der Waals surface area contributed by atoms with Crippen molar-refractivity contribution in [2.24, 2.45) is 0 Å². The van der Waals surface area contributed by atoms with Crippen LogP contribution in [0.4, 0.5) is 0 Å². The molecule has 146 valence electrons. The molecule has 0 radical (unpaired) electrons. The Balaban J connectivity index is 2.18. The fourth-order valence-corrected chi connectivity index (χ4v) is 4.23. The molecule has 8 heteroatoms. The van der Waals surface area contributed by atoms with Gasteiger partial charge < -0.3 is 4.74 Å². The monoisotopic (exact) mass is 392 g/mol. The predicted molar refractivity (Wildman–Crippen MR) is 101 cm³/mol. The summed E-state index contributed by atoms with van der Waals surface area (Å²) in [6.45, 7) is 3.57. The molecule has 0 saturated carbocycles. The van der Waals surface area contributed by atoms with Crippen LogP contribution in [0.2, 0.25) is 0 Å². The molecule has 0 fully saturated rings. The summed E-state index contributed by atoms with van der Waals surface area (Å²) in [7, 11) is -3.85. The van der Waals surface area contributed by atoms with E-state index in [4.69, 9.17) is 9.94 Å². The topological polar surface area (TPSA) is 105 Å². The van der Waals surface area contributed by atoms with E-state index in [9.17, 15) is 13.2 Å². The lowest BCUT2D eigenvalue weighted by Crippen LogP contribution is -2.50. The molecule has 27 heavy (non-hydrogen) atoms. The first kappa shape index (κ1) is 20.9. The molecule has 7 nitrogen and oxygen atoms in total. The molecule has 0 aliphatic rings. The summed E-state index contributed by atoms with van der Waals surface area (Å²) in [5.41, 5.74) is 0.573. The zero-order chi connectivity index (χ0) is 19.9. The number of ether oxygens (including phenoxy) is 1. The van der Waals surface area contributed by atoms with Crippen LogP contribution in [0, 0.1) is 0 Å². The molecule has 3 N–H and O–H groups in total. The van der Waals surface area contributed by atoms with E-state index in [1.165, 1.54) is 12.1 Å². The summed E-state index contributed by atoms with van der Waals surface area (Å²) in [6, 6.07) is 15.2. The zero-order valence-corrected chi connectivity index (χ0v) is 16.1. The average Bonchev–Trinajstić information content (AvgIpc) is 2.68. The van der Waals surface area contributed by atoms with Crippen LogP contribution in [0.25, 0.3) is 0 Å². The first-order valence-corrected chi connectivity index (χ1v) is 10.1. The highest BCUT2D eigenvalue weighted by Gasteiger charge is 2.34. The van der Waals surface area contributed by atoms with Crippen molar-refractivity contribution in [3.63, 3.8) is 0 Å². The van der Waals surface area contributed by atoms with Crippen molar-refractivity contribution in [2.45, 2.75) is 43.5 Å². The molecule has 0 bridgehead atoms. The van der Waals surface area contributed by atoms with Gasteiger partial charge in [0.05, 0.1) is 4.90 Å². The first-order chi connectivity index (χ1) is 12.8. The molecular formula is C19H24N2O5S. The Kier molecular flexibility index (Phi) is 6.95. The third-order valence-electron chi connectivity index (χ3n) is 4.44. The van der Waals surface area contributed by atoms with Crippen LogP contribution in [0.15, 0.2) is 59.5 Å². The molecule has 0 aliphatic heterocycles. The summed E-state index contributed by atoms with van der Waals surface area (Å²) in [4.78, 5) is 11.6. The summed E-state index contributed by atoms with van der Waals surface area (Å²) in [5.74, 6) is 0.516. The smallest absolute Gasteiger partial charge is 0.245 e. The minimum Gasteiger partial charge on any atom is -0.457 e. The highest BCUT2D eigenvalue weighted by atomic mass is 32.2. The fraction of sp³-hybridized carbons (Fsp3) is 0.316. The highest BCUT2D eigenvalue weighted by molar-refractivity contribution is 7.89. The molecule has 2 aromatic rings. The van der Waals surface area contributed by atoms with Gasteiger partial charge in [0.1, 0.15) is 11.5 Å². The maximum Gasteiger partial charge on any atom is 0.245 e. The SMILES string of the molecule is CCC(CC)(CC(=O)NO)NS(=O)(=O)c1ccc(Oc2ccccc2)cc1. The summed E-state index contributed by atoms with van der Waals surface area (Å²) in [5, 5.41) is 8.77. The molecular weight excluding hydrogens is 368 g/mol. The minimum atomic E-state index is -3.85. The lowest BCUT2D eigenvalue weighted by atomic mass is 9.90. The zero-order valence-electron chi connectivity index (χ0n) is 15.3. The van der Waals surface area contributed by atoms with Crippen LogP contribution in [0.5, 0.6) is 11.5 Å². The molecule has 0 spiro atoms. The minimum absolute atomic E-state index is 0.0681. The molecule has 0 aromatic heterocycles. The van der Waals surface area contributed by atoms with E-state index in [2.05, 4.69) is 4.72 Å². The molecule has 0 unspecified atom stereocenters. The van der Waals surface area contributed by atoms with Crippen molar-refractivity contribution >= 4 is 15.9 Å². The lowest BCUT2D eigenvalue weighted by molar-refractivity contribution is -0.130. The van der Waals surface area contributed by atoms with E-state index < -0.39 is 21.5 Å². The fourth-order valence-electron chi connectivity index (χ4n) is 2.68. The Morgan fingerprint density at radius 2 is 1.56 bits per heavy atom. The summed E-state index contributed by atoms with van der Waals surface area (Å²) < 4.78 is 33.8. The Morgan fingerprint density at radius 3 is 2.07 bits per heavy atom. The van der Waals surface area contributed by atoms with Crippen LogP contribution in [-0.2, 0) is 14.8 Å². The Labute approximate surface area is 159 Å². The van der Waals surface area contributed by atoms with Gasteiger partial charge in [0, 0.05) is 12.0 Å². The van der Waals surface area contributed by atoms with Crippen molar-refractivity contribution < 1.29 is 23.2 Å². The largest absolute Gasteiger partial charge is 0.457 e. The number of hydroxylamine groups is 1. The number of para-hydroxylation sites is 1. The van der Waals surface area contributed by atoms with Crippen LogP contribution in [-0.4, -0.2) is 25.1 Å². The second kappa shape index (κ2) is 8.98. The van der Waals surface area contributed by atoms with Crippen molar-refractivity contribution in [1.82, 2.24) is 10.2 Å². The van der Waals surface area contributed by atoms with E-state index >= 15 is 0 Å². The first-order valence-electron chi connectivity index (χ1n) is 8.64. The summed E-state index contributed by atoms with van der Waals surface area (Å²) in [6.07, 6.45) is 0.627. The van der Waals surface area contributed by atoms with Gasteiger partial charge in [-0.15, -0.1) is 0 Å². The molecule has 2 aromatic carbocycles. The van der Waals surface area contributed by atoms with E-state index in [-0.39, 0.29) is 11.3 Å². The van der Waals surface area contributed by atoms with Gasteiger partial charge in [-0.3, -0.25) is 10.0 Å². The van der Waals surface area contributed by atoms with Gasteiger partial charge in [-0.25, -0.2) is 18.6 Å². The number of carbonyl (C=O) groups excluding carboxylic acids is 1. The molecule has 0 aliphatic carbocycles. The number of amides is 1. The second-order valence-corrected chi connectivity index (χ2v) is 7.87. The number of rotatable bonds is 9. The third-order valence-corrected chi connectivity index (χ3v) is 6.04. The van der Waals surface area contributed by atoms with E-state index in [0.717, 1.165) is 0 Å². The molecule has 1 amide bonds. The van der Waals surface area contributed by atoms with Crippen molar-refractivity contribution in [3.05, 3.63) is 54.6 Å². The Hall–Kier alpha value is -2.42. The van der Waals surface area contributed by atoms with Gasteiger partial charge in [0.2, 0.25) is 15.9 Å². The van der Waals surface area contributed by atoms with Crippen LogP contribution in [0.1, 0.15) is 33.1 Å².